The number of esters is 1. The first-order valence-electron chi connectivity index (χ1n) is 6.69. The van der Waals surface area contributed by atoms with E-state index >= 15 is 0 Å². The Morgan fingerprint density at radius 3 is 2.76 bits per heavy atom. The van der Waals surface area contributed by atoms with Crippen LogP contribution < -0.4 is 4.72 Å². The van der Waals surface area contributed by atoms with Crippen molar-refractivity contribution in [2.45, 2.75) is 37.5 Å². The van der Waals surface area contributed by atoms with Gasteiger partial charge in [0.25, 0.3) is 0 Å². The molecule has 1 saturated carbocycles. The van der Waals surface area contributed by atoms with Crippen molar-refractivity contribution in [2.24, 2.45) is 5.92 Å². The van der Waals surface area contributed by atoms with Gasteiger partial charge in [0.05, 0.1) is 28.7 Å². The molecule has 1 heterocycles. The zero-order chi connectivity index (χ0) is 15.6. The molecule has 0 aromatic carbocycles. The number of ether oxygens (including phenoxy) is 1. The fraction of sp³-hybridized carbons (Fsp3) is 0.615. The number of nitrogens with one attached hydrogen (secondary N) is 1. The predicted octanol–water partition coefficient (Wildman–Crippen LogP) is 2.72. The Kier molecular flexibility index (Phi) is 5.29. The molecule has 0 amide bonds. The van der Waals surface area contributed by atoms with E-state index in [1.165, 1.54) is 18.4 Å². The third-order valence-electron chi connectivity index (χ3n) is 3.72. The number of rotatable bonds is 5. The first-order chi connectivity index (χ1) is 9.85. The van der Waals surface area contributed by atoms with Crippen LogP contribution in [0.15, 0.2) is 12.1 Å². The van der Waals surface area contributed by atoms with Gasteiger partial charge in [0.2, 0.25) is 10.0 Å². The zero-order valence-electron chi connectivity index (χ0n) is 11.8. The molecule has 21 heavy (non-hydrogen) atoms. The average molecular weight is 352 g/mol. The van der Waals surface area contributed by atoms with Crippen molar-refractivity contribution in [3.63, 3.8) is 0 Å². The second kappa shape index (κ2) is 6.64. The maximum Gasteiger partial charge on any atom is 0.310 e. The van der Waals surface area contributed by atoms with Crippen molar-refractivity contribution >= 4 is 38.9 Å². The molecule has 1 N–H and O–H groups in total. The summed E-state index contributed by atoms with van der Waals surface area (Å²) in [5, 5.41) is -0.720. The lowest BCUT2D eigenvalue weighted by molar-refractivity contribution is -0.145. The highest BCUT2D eigenvalue weighted by molar-refractivity contribution is 7.90. The van der Waals surface area contributed by atoms with Crippen molar-refractivity contribution in [3.05, 3.63) is 21.3 Å². The van der Waals surface area contributed by atoms with Crippen molar-refractivity contribution in [3.8, 4) is 0 Å². The van der Waals surface area contributed by atoms with Gasteiger partial charge in [-0.2, -0.15) is 0 Å². The van der Waals surface area contributed by atoms with Gasteiger partial charge in [-0.1, -0.05) is 18.0 Å². The molecule has 1 aromatic heterocycles. The number of halogens is 1. The van der Waals surface area contributed by atoms with E-state index in [9.17, 15) is 13.2 Å². The molecule has 5 nitrogen and oxygen atoms in total. The fourth-order valence-electron chi connectivity index (χ4n) is 2.67. The molecule has 118 valence electrons. The van der Waals surface area contributed by atoms with Gasteiger partial charge in [0.15, 0.2) is 0 Å². The van der Waals surface area contributed by atoms with Gasteiger partial charge in [-0.25, -0.2) is 13.1 Å². The van der Waals surface area contributed by atoms with Crippen LogP contribution >= 0.6 is 22.9 Å². The van der Waals surface area contributed by atoms with Crippen molar-refractivity contribution in [1.82, 2.24) is 4.72 Å². The average Bonchev–Trinajstić information content (AvgIpc) is 3.05. The molecule has 0 radical (unpaired) electrons. The van der Waals surface area contributed by atoms with Gasteiger partial charge in [-0.15, -0.1) is 11.3 Å². The van der Waals surface area contributed by atoms with Crippen LogP contribution in [0.2, 0.25) is 4.34 Å². The summed E-state index contributed by atoms with van der Waals surface area (Å²) in [6, 6.07) is 3.16. The van der Waals surface area contributed by atoms with Gasteiger partial charge in [-0.3, -0.25) is 4.79 Å². The summed E-state index contributed by atoms with van der Waals surface area (Å²) in [6.45, 7) is 1.77. The van der Waals surface area contributed by atoms with E-state index in [1.807, 2.05) is 0 Å². The Labute approximate surface area is 133 Å². The van der Waals surface area contributed by atoms with E-state index in [0.717, 1.165) is 4.88 Å². The summed E-state index contributed by atoms with van der Waals surface area (Å²) >= 11 is 7.20. The monoisotopic (exact) mass is 351 g/mol. The van der Waals surface area contributed by atoms with E-state index in [4.69, 9.17) is 16.3 Å². The van der Waals surface area contributed by atoms with Crippen LogP contribution in [0.4, 0.5) is 0 Å². The minimum absolute atomic E-state index is 0.369. The van der Waals surface area contributed by atoms with E-state index in [0.29, 0.717) is 23.6 Å². The standard InChI is InChI=1S/C13H18ClNO4S2/c1-8(10-6-7-12(14)20-10)15-21(17,18)11-5-3-4-9(11)13(16)19-2/h6-9,11,15H,3-5H2,1-2H3. The van der Waals surface area contributed by atoms with Gasteiger partial charge >= 0.3 is 5.97 Å². The molecule has 0 saturated heterocycles. The topological polar surface area (TPSA) is 72.5 Å². The lowest BCUT2D eigenvalue weighted by atomic mass is 10.1. The maximum absolute atomic E-state index is 12.5. The highest BCUT2D eigenvalue weighted by atomic mass is 35.5. The molecule has 8 heteroatoms. The van der Waals surface area contributed by atoms with Crippen molar-refractivity contribution in [1.29, 1.82) is 0 Å². The summed E-state index contributed by atoms with van der Waals surface area (Å²) < 4.78 is 33.0. The third kappa shape index (κ3) is 3.77. The molecule has 2 rings (SSSR count). The summed E-state index contributed by atoms with van der Waals surface area (Å²) in [5.41, 5.74) is 0. The number of hydrogen-bond donors (Lipinski definition) is 1. The second-order valence-corrected chi connectivity index (χ2v) is 8.80. The molecule has 1 fully saturated rings. The largest absolute Gasteiger partial charge is 0.469 e. The minimum atomic E-state index is -3.59. The van der Waals surface area contributed by atoms with Crippen LogP contribution in [0.3, 0.4) is 0 Å². The maximum atomic E-state index is 12.5. The number of hydrogen-bond acceptors (Lipinski definition) is 5. The lowest BCUT2D eigenvalue weighted by Crippen LogP contribution is -2.40. The highest BCUT2D eigenvalue weighted by Gasteiger charge is 2.42. The van der Waals surface area contributed by atoms with Gasteiger partial charge in [-0.05, 0) is 31.9 Å². The predicted molar refractivity (Wildman–Crippen MR) is 82.9 cm³/mol. The SMILES string of the molecule is COC(=O)C1CCCC1S(=O)(=O)NC(C)c1ccc(Cl)s1. The smallest absolute Gasteiger partial charge is 0.310 e. The lowest BCUT2D eigenvalue weighted by Gasteiger charge is -2.21. The van der Waals surface area contributed by atoms with Gasteiger partial charge < -0.3 is 4.74 Å². The third-order valence-corrected chi connectivity index (χ3v) is 7.17. The van der Waals surface area contributed by atoms with E-state index < -0.39 is 27.2 Å². The molecule has 0 bridgehead atoms. The summed E-state index contributed by atoms with van der Waals surface area (Å²) in [5.74, 6) is -1.03. The Hall–Kier alpha value is -0.630. The molecular formula is C13H18ClNO4S2. The number of carbonyl (C=O) groups is 1. The van der Waals surface area contributed by atoms with Crippen LogP contribution in [0.25, 0.3) is 0 Å². The van der Waals surface area contributed by atoms with Crippen LogP contribution in [-0.2, 0) is 19.6 Å². The zero-order valence-corrected chi connectivity index (χ0v) is 14.2. The molecule has 1 aromatic rings. The number of carbonyl (C=O) groups excluding carboxylic acids is 1. The molecular weight excluding hydrogens is 334 g/mol. The highest BCUT2D eigenvalue weighted by Crippen LogP contribution is 2.33. The quantitative estimate of drug-likeness (QED) is 0.828. The molecule has 1 aliphatic carbocycles. The van der Waals surface area contributed by atoms with Crippen LogP contribution in [-0.4, -0.2) is 26.7 Å². The van der Waals surface area contributed by atoms with Crippen LogP contribution in [0, 0.1) is 5.92 Å². The molecule has 3 unspecified atom stereocenters. The summed E-state index contributed by atoms with van der Waals surface area (Å²) in [4.78, 5) is 12.5. The van der Waals surface area contributed by atoms with Crippen LogP contribution in [0.1, 0.15) is 37.1 Å². The Morgan fingerprint density at radius 1 is 1.48 bits per heavy atom. The Balaban J connectivity index is 2.12. The van der Waals surface area contributed by atoms with Gasteiger partial charge in [0.1, 0.15) is 0 Å². The number of methoxy groups -OCH3 is 1. The van der Waals surface area contributed by atoms with E-state index in [-0.39, 0.29) is 6.04 Å². The Morgan fingerprint density at radius 2 is 2.19 bits per heavy atom. The summed E-state index contributed by atoms with van der Waals surface area (Å²) in [6.07, 6.45) is 1.75. The van der Waals surface area contributed by atoms with E-state index in [1.54, 1.807) is 19.1 Å². The number of sulfonamides is 1. The van der Waals surface area contributed by atoms with Crippen LogP contribution in [0.5, 0.6) is 0 Å². The van der Waals surface area contributed by atoms with Crippen molar-refractivity contribution in [2.75, 3.05) is 7.11 Å². The Bertz CT molecular complexity index is 613. The van der Waals surface area contributed by atoms with Crippen molar-refractivity contribution < 1.29 is 17.9 Å². The minimum Gasteiger partial charge on any atom is -0.469 e. The molecule has 3 atom stereocenters. The molecule has 1 aliphatic rings. The second-order valence-electron chi connectivity index (χ2n) is 5.13. The first-order valence-corrected chi connectivity index (χ1v) is 9.43. The molecule has 0 aliphatic heterocycles. The normalized spacial score (nSPS) is 24.0. The summed E-state index contributed by atoms with van der Waals surface area (Å²) in [7, 11) is -2.30. The number of thiophene rings is 1. The van der Waals surface area contributed by atoms with Gasteiger partial charge in [0, 0.05) is 4.88 Å². The fourth-order valence-corrected chi connectivity index (χ4v) is 5.76. The first kappa shape index (κ1) is 16.7. The molecule has 0 spiro atoms. The van der Waals surface area contributed by atoms with E-state index in [2.05, 4.69) is 4.72 Å².